The topological polar surface area (TPSA) is 62.2 Å². The van der Waals surface area contributed by atoms with Crippen molar-refractivity contribution in [3.63, 3.8) is 0 Å². The first-order valence-corrected chi connectivity index (χ1v) is 6.54. The zero-order chi connectivity index (χ0) is 12.4. The molecule has 0 aliphatic carbocycles. The van der Waals surface area contributed by atoms with Crippen LogP contribution in [0, 0.1) is 0 Å². The molecule has 1 aromatic heterocycles. The van der Waals surface area contributed by atoms with Gasteiger partial charge in [0.25, 0.3) is 0 Å². The quantitative estimate of drug-likeness (QED) is 0.881. The van der Waals surface area contributed by atoms with Gasteiger partial charge in [0.2, 0.25) is 0 Å². The van der Waals surface area contributed by atoms with Crippen molar-refractivity contribution in [2.24, 2.45) is 4.99 Å². The minimum Gasteiger partial charge on any atom is -0.355 e. The molecule has 5 nitrogen and oxygen atoms in total. The average Bonchev–Trinajstić information content (AvgIpc) is 2.91. The monoisotopic (exact) mass is 305 g/mol. The molecule has 1 aliphatic heterocycles. The van der Waals surface area contributed by atoms with Crippen molar-refractivity contribution in [2.45, 2.75) is 6.54 Å². The Morgan fingerprint density at radius 3 is 3.00 bits per heavy atom. The highest BCUT2D eigenvalue weighted by Gasteiger charge is 2.08. The second kappa shape index (κ2) is 4.89. The van der Waals surface area contributed by atoms with Crippen LogP contribution in [0.5, 0.6) is 0 Å². The van der Waals surface area contributed by atoms with E-state index in [9.17, 15) is 0 Å². The summed E-state index contributed by atoms with van der Waals surface area (Å²) in [5, 5.41) is 6.44. The highest BCUT2D eigenvalue weighted by Crippen LogP contribution is 2.24. The third-order valence-corrected chi connectivity index (χ3v) is 3.66. The van der Waals surface area contributed by atoms with Gasteiger partial charge in [-0.05, 0) is 27.6 Å². The van der Waals surface area contributed by atoms with Crippen LogP contribution in [0.1, 0.15) is 5.56 Å². The minimum atomic E-state index is 0.707. The Balaban J connectivity index is 1.85. The van der Waals surface area contributed by atoms with Crippen molar-refractivity contribution in [3.05, 3.63) is 34.6 Å². The molecule has 1 aromatic carbocycles. The van der Waals surface area contributed by atoms with E-state index in [2.05, 4.69) is 41.5 Å². The van der Waals surface area contributed by atoms with Crippen molar-refractivity contribution < 1.29 is 0 Å². The van der Waals surface area contributed by atoms with Crippen LogP contribution in [-0.2, 0) is 6.54 Å². The normalized spacial score (nSPS) is 14.4. The lowest BCUT2D eigenvalue weighted by atomic mass is 10.2. The molecule has 0 fully saturated rings. The fraction of sp³-hybridized carbons (Fsp3) is 0.250. The number of benzene rings is 1. The number of fused-ring (bicyclic) bond motifs is 1. The second-order valence-electron chi connectivity index (χ2n) is 3.97. The summed E-state index contributed by atoms with van der Waals surface area (Å²) in [7, 11) is 0. The molecular formula is C12H12BrN5. The molecular weight excluding hydrogens is 294 g/mol. The Labute approximate surface area is 113 Å². The van der Waals surface area contributed by atoms with Crippen LogP contribution in [0.15, 0.2) is 34.0 Å². The number of nitrogens with zero attached hydrogens (tertiary/aromatic N) is 3. The number of rotatable bonds is 2. The van der Waals surface area contributed by atoms with Gasteiger partial charge in [-0.15, -0.1) is 0 Å². The van der Waals surface area contributed by atoms with Crippen molar-refractivity contribution >= 4 is 32.9 Å². The Bertz CT molecular complexity index is 610. The van der Waals surface area contributed by atoms with E-state index in [1.54, 1.807) is 12.4 Å². The van der Waals surface area contributed by atoms with Gasteiger partial charge in [-0.2, -0.15) is 0 Å². The van der Waals surface area contributed by atoms with E-state index in [4.69, 9.17) is 0 Å². The molecule has 1 aliphatic rings. The van der Waals surface area contributed by atoms with E-state index in [-0.39, 0.29) is 0 Å². The maximum atomic E-state index is 4.34. The lowest BCUT2D eigenvalue weighted by molar-refractivity contribution is 0.865. The zero-order valence-corrected chi connectivity index (χ0v) is 11.2. The van der Waals surface area contributed by atoms with Crippen molar-refractivity contribution in [1.29, 1.82) is 0 Å². The molecule has 0 unspecified atom stereocenters. The molecule has 2 heterocycles. The van der Waals surface area contributed by atoms with Crippen LogP contribution in [-0.4, -0.2) is 29.0 Å². The standard InChI is InChI=1S/C12H12BrN5/c13-10-8(7-18-12-16-5-6-17-12)1-2-9-11(10)15-4-3-14-9/h1-4H,5-7H2,(H2,16,17,18). The van der Waals surface area contributed by atoms with Gasteiger partial charge in [0, 0.05) is 25.5 Å². The van der Waals surface area contributed by atoms with Gasteiger partial charge < -0.3 is 10.6 Å². The minimum absolute atomic E-state index is 0.707. The summed E-state index contributed by atoms with van der Waals surface area (Å²) in [5.41, 5.74) is 2.92. The molecule has 2 aromatic rings. The predicted octanol–water partition coefficient (Wildman–Crippen LogP) is 1.44. The molecule has 92 valence electrons. The van der Waals surface area contributed by atoms with Gasteiger partial charge in [0.15, 0.2) is 5.96 Å². The summed E-state index contributed by atoms with van der Waals surface area (Å²) in [4.78, 5) is 12.9. The van der Waals surface area contributed by atoms with E-state index in [0.29, 0.717) is 6.54 Å². The molecule has 0 radical (unpaired) electrons. The third kappa shape index (κ3) is 2.15. The SMILES string of the molecule is Brc1c(CNC2=NCCN2)ccc2nccnc12. The number of guanidine groups is 1. The van der Waals surface area contributed by atoms with Gasteiger partial charge in [0.1, 0.15) is 5.52 Å². The molecule has 6 heteroatoms. The number of halogens is 1. The lowest BCUT2D eigenvalue weighted by Gasteiger charge is -2.09. The Morgan fingerprint density at radius 1 is 1.28 bits per heavy atom. The Kier molecular flexibility index (Phi) is 3.10. The summed E-state index contributed by atoms with van der Waals surface area (Å²) in [5.74, 6) is 0.862. The molecule has 0 saturated heterocycles. The van der Waals surface area contributed by atoms with E-state index in [1.165, 1.54) is 0 Å². The number of aliphatic imine (C=N–C) groups is 1. The van der Waals surface area contributed by atoms with E-state index >= 15 is 0 Å². The van der Waals surface area contributed by atoms with E-state index < -0.39 is 0 Å². The largest absolute Gasteiger partial charge is 0.355 e. The van der Waals surface area contributed by atoms with Gasteiger partial charge in [0.05, 0.1) is 16.5 Å². The zero-order valence-electron chi connectivity index (χ0n) is 9.65. The average molecular weight is 306 g/mol. The van der Waals surface area contributed by atoms with E-state index in [1.807, 2.05) is 12.1 Å². The fourth-order valence-electron chi connectivity index (χ4n) is 1.88. The first-order valence-electron chi connectivity index (χ1n) is 5.75. The Morgan fingerprint density at radius 2 is 2.17 bits per heavy atom. The maximum absolute atomic E-state index is 4.34. The van der Waals surface area contributed by atoms with Crippen LogP contribution in [0.2, 0.25) is 0 Å². The Hall–Kier alpha value is -1.69. The number of hydrogen-bond acceptors (Lipinski definition) is 5. The molecule has 18 heavy (non-hydrogen) atoms. The fourth-order valence-corrected chi connectivity index (χ4v) is 2.45. The molecule has 0 spiro atoms. The highest BCUT2D eigenvalue weighted by molar-refractivity contribution is 9.10. The first kappa shape index (κ1) is 11.4. The molecule has 0 bridgehead atoms. The maximum Gasteiger partial charge on any atom is 0.191 e. The molecule has 0 amide bonds. The third-order valence-electron chi connectivity index (χ3n) is 2.78. The summed E-state index contributed by atoms with van der Waals surface area (Å²) in [6.45, 7) is 2.46. The summed E-state index contributed by atoms with van der Waals surface area (Å²) in [6.07, 6.45) is 3.40. The van der Waals surface area contributed by atoms with Crippen LogP contribution in [0.25, 0.3) is 11.0 Å². The van der Waals surface area contributed by atoms with Crippen molar-refractivity contribution in [2.75, 3.05) is 13.1 Å². The van der Waals surface area contributed by atoms with Crippen molar-refractivity contribution in [1.82, 2.24) is 20.6 Å². The van der Waals surface area contributed by atoms with Crippen LogP contribution in [0.3, 0.4) is 0 Å². The summed E-state index contributed by atoms with van der Waals surface area (Å²) >= 11 is 3.59. The first-order chi connectivity index (χ1) is 8.84. The van der Waals surface area contributed by atoms with Crippen LogP contribution < -0.4 is 10.6 Å². The number of aromatic nitrogens is 2. The van der Waals surface area contributed by atoms with Gasteiger partial charge in [-0.3, -0.25) is 15.0 Å². The summed E-state index contributed by atoms with van der Waals surface area (Å²) < 4.78 is 0.985. The van der Waals surface area contributed by atoms with Crippen LogP contribution >= 0.6 is 15.9 Å². The van der Waals surface area contributed by atoms with Gasteiger partial charge in [-0.1, -0.05) is 6.07 Å². The second-order valence-corrected chi connectivity index (χ2v) is 4.77. The highest BCUT2D eigenvalue weighted by atomic mass is 79.9. The predicted molar refractivity (Wildman–Crippen MR) is 74.4 cm³/mol. The van der Waals surface area contributed by atoms with Crippen LogP contribution in [0.4, 0.5) is 0 Å². The van der Waals surface area contributed by atoms with Gasteiger partial charge in [-0.25, -0.2) is 0 Å². The lowest BCUT2D eigenvalue weighted by Crippen LogP contribution is -2.33. The molecule has 0 saturated carbocycles. The van der Waals surface area contributed by atoms with Gasteiger partial charge >= 0.3 is 0 Å². The number of hydrogen-bond donors (Lipinski definition) is 2. The molecule has 0 atom stereocenters. The van der Waals surface area contributed by atoms with Crippen molar-refractivity contribution in [3.8, 4) is 0 Å². The summed E-state index contributed by atoms with van der Waals surface area (Å²) in [6, 6.07) is 4.03. The number of nitrogens with one attached hydrogen (secondary N) is 2. The molecule has 2 N–H and O–H groups in total. The smallest absolute Gasteiger partial charge is 0.191 e. The van der Waals surface area contributed by atoms with E-state index in [0.717, 1.165) is 40.1 Å². The molecule has 3 rings (SSSR count).